The molecule has 0 aliphatic rings. The molecule has 0 saturated heterocycles. The van der Waals surface area contributed by atoms with Gasteiger partial charge in [0.25, 0.3) is 10.0 Å². The summed E-state index contributed by atoms with van der Waals surface area (Å²) in [5.74, 6) is -0.476. The Hall–Kier alpha value is -3.62. The van der Waals surface area contributed by atoms with E-state index >= 15 is 0 Å². The maximum absolute atomic E-state index is 13.5. The second-order valence-corrected chi connectivity index (χ2v) is 10.9. The van der Waals surface area contributed by atoms with Crippen LogP contribution in [-0.4, -0.2) is 20.9 Å². The van der Waals surface area contributed by atoms with Crippen LogP contribution in [-0.2, 0) is 14.8 Å². The van der Waals surface area contributed by atoms with E-state index in [1.54, 1.807) is 60.7 Å². The molecule has 0 radical (unpaired) electrons. The summed E-state index contributed by atoms with van der Waals surface area (Å²) in [5.41, 5.74) is 3.24. The van der Waals surface area contributed by atoms with Gasteiger partial charge in [0.15, 0.2) is 0 Å². The average Bonchev–Trinajstić information content (AvgIpc) is 3.20. The largest absolute Gasteiger partial charge is 0.456 e. The zero-order valence-corrected chi connectivity index (χ0v) is 21.1. The third kappa shape index (κ3) is 4.67. The highest BCUT2D eigenvalue weighted by Crippen LogP contribution is 2.31. The van der Waals surface area contributed by atoms with E-state index in [1.165, 1.54) is 0 Å². The molecule has 0 aliphatic carbocycles. The van der Waals surface area contributed by atoms with Crippen molar-refractivity contribution >= 4 is 65.2 Å². The molecule has 0 spiro atoms. The predicted octanol–water partition coefficient (Wildman–Crippen LogP) is 6.49. The van der Waals surface area contributed by atoms with Crippen LogP contribution in [0.2, 0.25) is 0 Å². The Morgan fingerprint density at radius 1 is 0.886 bits per heavy atom. The lowest BCUT2D eigenvalue weighted by Gasteiger charge is -2.24. The first kappa shape index (κ1) is 23.1. The van der Waals surface area contributed by atoms with E-state index in [9.17, 15) is 13.2 Å². The number of rotatable bonds is 6. The monoisotopic (exact) mass is 548 g/mol. The van der Waals surface area contributed by atoms with Gasteiger partial charge in [-0.25, -0.2) is 8.42 Å². The number of para-hydroxylation sites is 1. The van der Waals surface area contributed by atoms with E-state index in [0.29, 0.717) is 21.4 Å². The lowest BCUT2D eigenvalue weighted by Crippen LogP contribution is -2.38. The molecule has 35 heavy (non-hydrogen) atoms. The zero-order valence-electron chi connectivity index (χ0n) is 18.7. The maximum Gasteiger partial charge on any atom is 0.264 e. The molecular formula is C27H21BrN2O4S. The van der Waals surface area contributed by atoms with E-state index < -0.39 is 22.5 Å². The van der Waals surface area contributed by atoms with Crippen LogP contribution in [0.25, 0.3) is 21.9 Å². The van der Waals surface area contributed by atoms with Gasteiger partial charge in [-0.05, 0) is 55.5 Å². The van der Waals surface area contributed by atoms with Crippen molar-refractivity contribution in [3.05, 3.63) is 101 Å². The molecule has 4 aromatic carbocycles. The first-order valence-electron chi connectivity index (χ1n) is 10.9. The van der Waals surface area contributed by atoms with Gasteiger partial charge in [-0.3, -0.25) is 9.10 Å². The molecule has 1 amide bonds. The third-order valence-corrected chi connectivity index (χ3v) is 7.94. The number of carbonyl (C=O) groups is 1. The van der Waals surface area contributed by atoms with Crippen molar-refractivity contribution in [2.75, 3.05) is 16.2 Å². The summed E-state index contributed by atoms with van der Waals surface area (Å²) in [6.07, 6.45) is 0. The Bertz CT molecular complexity index is 1660. The SMILES string of the molecule is Cc1ccc(S(=O)(=O)N(CC(=O)Nc2ccc3c(c2)oc2ccccc23)c2cccc(Br)c2)cc1. The molecule has 8 heteroatoms. The lowest BCUT2D eigenvalue weighted by molar-refractivity contribution is -0.114. The van der Waals surface area contributed by atoms with Gasteiger partial charge >= 0.3 is 0 Å². The van der Waals surface area contributed by atoms with Gasteiger partial charge in [0, 0.05) is 27.0 Å². The molecule has 0 atom stereocenters. The molecule has 0 aliphatic heterocycles. The summed E-state index contributed by atoms with van der Waals surface area (Å²) in [4.78, 5) is 13.2. The molecule has 1 N–H and O–H groups in total. The van der Waals surface area contributed by atoms with E-state index in [0.717, 1.165) is 26.2 Å². The fraction of sp³-hybridized carbons (Fsp3) is 0.0741. The Labute approximate surface area is 211 Å². The van der Waals surface area contributed by atoms with Gasteiger partial charge in [0.1, 0.15) is 17.7 Å². The predicted molar refractivity (Wildman–Crippen MR) is 142 cm³/mol. The Balaban J connectivity index is 1.45. The number of nitrogens with zero attached hydrogens (tertiary/aromatic N) is 1. The topological polar surface area (TPSA) is 79.6 Å². The van der Waals surface area contributed by atoms with Crippen LogP contribution in [0.3, 0.4) is 0 Å². The van der Waals surface area contributed by atoms with Crippen LogP contribution >= 0.6 is 15.9 Å². The Kier molecular flexibility index (Phi) is 6.08. The average molecular weight is 549 g/mol. The van der Waals surface area contributed by atoms with Crippen molar-refractivity contribution in [1.29, 1.82) is 0 Å². The first-order chi connectivity index (χ1) is 16.8. The highest BCUT2D eigenvalue weighted by molar-refractivity contribution is 9.10. The molecule has 1 heterocycles. The molecule has 5 rings (SSSR count). The number of sulfonamides is 1. The van der Waals surface area contributed by atoms with Gasteiger partial charge in [0.2, 0.25) is 5.91 Å². The normalized spacial score (nSPS) is 11.6. The number of furan rings is 1. The number of anilines is 2. The van der Waals surface area contributed by atoms with Crippen LogP contribution < -0.4 is 9.62 Å². The number of aryl methyl sites for hydroxylation is 1. The highest BCUT2D eigenvalue weighted by Gasteiger charge is 2.27. The van der Waals surface area contributed by atoms with Gasteiger partial charge < -0.3 is 9.73 Å². The number of fused-ring (bicyclic) bond motifs is 3. The fourth-order valence-electron chi connectivity index (χ4n) is 3.92. The van der Waals surface area contributed by atoms with Crippen molar-refractivity contribution in [3.63, 3.8) is 0 Å². The van der Waals surface area contributed by atoms with Crippen LogP contribution in [0.1, 0.15) is 5.56 Å². The lowest BCUT2D eigenvalue weighted by atomic mass is 10.1. The molecular weight excluding hydrogens is 528 g/mol. The number of benzene rings is 4. The second-order valence-electron chi connectivity index (χ2n) is 8.16. The summed E-state index contributed by atoms with van der Waals surface area (Å²) in [6, 6.07) is 26.5. The van der Waals surface area contributed by atoms with Gasteiger partial charge in [-0.1, -0.05) is 57.9 Å². The molecule has 0 unspecified atom stereocenters. The number of nitrogens with one attached hydrogen (secondary N) is 1. The van der Waals surface area contributed by atoms with Crippen LogP contribution in [0.5, 0.6) is 0 Å². The Morgan fingerprint density at radius 2 is 1.63 bits per heavy atom. The second kappa shape index (κ2) is 9.20. The quantitative estimate of drug-likeness (QED) is 0.263. The van der Waals surface area contributed by atoms with Crippen molar-refractivity contribution in [2.45, 2.75) is 11.8 Å². The standard InChI is InChI=1S/C27H21BrN2O4S/c1-18-9-12-22(13-10-18)35(32,33)30(21-6-4-5-19(28)15-21)17-27(31)29-20-11-14-24-23-7-2-3-8-25(23)34-26(24)16-20/h2-16H,17H2,1H3,(H,29,31). The van der Waals surface area contributed by atoms with E-state index in [1.807, 2.05) is 37.3 Å². The zero-order chi connectivity index (χ0) is 24.6. The number of halogens is 1. The van der Waals surface area contributed by atoms with E-state index in [-0.39, 0.29) is 4.90 Å². The van der Waals surface area contributed by atoms with Crippen molar-refractivity contribution in [3.8, 4) is 0 Å². The number of hydrogen-bond acceptors (Lipinski definition) is 4. The minimum absolute atomic E-state index is 0.111. The fourth-order valence-corrected chi connectivity index (χ4v) is 5.72. The van der Waals surface area contributed by atoms with Gasteiger partial charge in [0.05, 0.1) is 10.6 Å². The summed E-state index contributed by atoms with van der Waals surface area (Å²) >= 11 is 3.39. The summed E-state index contributed by atoms with van der Waals surface area (Å²) in [7, 11) is -3.99. The summed E-state index contributed by atoms with van der Waals surface area (Å²) in [6.45, 7) is 1.49. The van der Waals surface area contributed by atoms with Crippen molar-refractivity contribution < 1.29 is 17.6 Å². The maximum atomic E-state index is 13.5. The smallest absolute Gasteiger partial charge is 0.264 e. The van der Waals surface area contributed by atoms with Crippen LogP contribution in [0, 0.1) is 6.92 Å². The molecule has 0 bridgehead atoms. The van der Waals surface area contributed by atoms with Crippen LogP contribution in [0.15, 0.2) is 105 Å². The van der Waals surface area contributed by atoms with E-state index in [2.05, 4.69) is 21.2 Å². The minimum atomic E-state index is -3.99. The molecule has 5 aromatic rings. The summed E-state index contributed by atoms with van der Waals surface area (Å²) < 4.78 is 34.8. The van der Waals surface area contributed by atoms with Gasteiger partial charge in [-0.2, -0.15) is 0 Å². The number of hydrogen-bond donors (Lipinski definition) is 1. The first-order valence-corrected chi connectivity index (χ1v) is 13.1. The third-order valence-electron chi connectivity index (χ3n) is 5.65. The highest BCUT2D eigenvalue weighted by atomic mass is 79.9. The number of amides is 1. The summed E-state index contributed by atoms with van der Waals surface area (Å²) in [5, 5.41) is 4.74. The molecule has 0 saturated carbocycles. The van der Waals surface area contributed by atoms with Crippen molar-refractivity contribution in [2.24, 2.45) is 0 Å². The minimum Gasteiger partial charge on any atom is -0.456 e. The number of carbonyl (C=O) groups excluding carboxylic acids is 1. The van der Waals surface area contributed by atoms with E-state index in [4.69, 9.17) is 4.42 Å². The van der Waals surface area contributed by atoms with Gasteiger partial charge in [-0.15, -0.1) is 0 Å². The van der Waals surface area contributed by atoms with Crippen LogP contribution in [0.4, 0.5) is 11.4 Å². The van der Waals surface area contributed by atoms with Crippen molar-refractivity contribution in [1.82, 2.24) is 0 Å². The molecule has 6 nitrogen and oxygen atoms in total. The molecule has 0 fully saturated rings. The Morgan fingerprint density at radius 3 is 2.40 bits per heavy atom. The molecule has 1 aromatic heterocycles. The molecule has 176 valence electrons.